The number of nitrogen functional groups attached to an aromatic ring is 1. The normalized spacial score (nSPS) is 13.9. The van der Waals surface area contributed by atoms with Crippen molar-refractivity contribution >= 4 is 55.8 Å². The Labute approximate surface area is 145 Å². The zero-order chi connectivity index (χ0) is 15.0. The zero-order valence-electron chi connectivity index (χ0n) is 11.3. The fourth-order valence-electron chi connectivity index (χ4n) is 2.63. The Kier molecular flexibility index (Phi) is 4.21. The monoisotopic (exact) mass is 456 g/mol. The Balaban J connectivity index is 2.02. The van der Waals surface area contributed by atoms with Gasteiger partial charge in [0.15, 0.2) is 0 Å². The molecule has 0 fully saturated rings. The molecule has 0 aromatic heterocycles. The van der Waals surface area contributed by atoms with E-state index in [-0.39, 0.29) is 5.91 Å². The molecule has 2 aromatic carbocycles. The number of hydrogen-bond acceptors (Lipinski definition) is 2. The van der Waals surface area contributed by atoms with Crippen LogP contribution in [0.1, 0.15) is 22.3 Å². The molecule has 2 aromatic rings. The number of hydrogen-bond donors (Lipinski definition) is 1. The third kappa shape index (κ3) is 2.94. The molecule has 0 radical (unpaired) electrons. The second-order valence-corrected chi connectivity index (χ2v) is 7.17. The average molecular weight is 457 g/mol. The molecule has 0 bridgehead atoms. The SMILES string of the molecule is Nc1ccc2c(c1)CCCN2C(=O)c1cc(I)ccc1Br. The van der Waals surface area contributed by atoms with Crippen molar-refractivity contribution in [1.29, 1.82) is 0 Å². The molecule has 0 aliphatic carbocycles. The van der Waals surface area contributed by atoms with E-state index in [2.05, 4.69) is 38.5 Å². The van der Waals surface area contributed by atoms with Crippen LogP contribution in [-0.2, 0) is 6.42 Å². The van der Waals surface area contributed by atoms with Crippen molar-refractivity contribution in [3.63, 3.8) is 0 Å². The molecule has 21 heavy (non-hydrogen) atoms. The highest BCUT2D eigenvalue weighted by Gasteiger charge is 2.25. The summed E-state index contributed by atoms with van der Waals surface area (Å²) in [5.41, 5.74) is 9.42. The van der Waals surface area contributed by atoms with Crippen LogP contribution >= 0.6 is 38.5 Å². The van der Waals surface area contributed by atoms with Crippen LogP contribution in [0.2, 0.25) is 0 Å². The number of amides is 1. The minimum absolute atomic E-state index is 0.0334. The predicted octanol–water partition coefficient (Wildman–Crippen LogP) is 4.23. The number of aryl methyl sites for hydroxylation is 1. The number of carbonyl (C=O) groups excluding carboxylic acids is 1. The zero-order valence-corrected chi connectivity index (χ0v) is 15.0. The third-order valence-electron chi connectivity index (χ3n) is 3.63. The Morgan fingerprint density at radius 1 is 1.24 bits per heavy atom. The molecule has 0 unspecified atom stereocenters. The molecule has 3 rings (SSSR count). The summed E-state index contributed by atoms with van der Waals surface area (Å²) in [6.45, 7) is 0.744. The Morgan fingerprint density at radius 3 is 2.86 bits per heavy atom. The first kappa shape index (κ1) is 14.8. The lowest BCUT2D eigenvalue weighted by molar-refractivity contribution is 0.0984. The van der Waals surface area contributed by atoms with E-state index in [1.54, 1.807) is 0 Å². The largest absolute Gasteiger partial charge is 0.399 e. The lowest BCUT2D eigenvalue weighted by atomic mass is 10.00. The molecule has 0 atom stereocenters. The van der Waals surface area contributed by atoms with Gasteiger partial charge in [0.25, 0.3) is 5.91 Å². The van der Waals surface area contributed by atoms with E-state index in [1.807, 2.05) is 41.3 Å². The van der Waals surface area contributed by atoms with Crippen molar-refractivity contribution in [2.45, 2.75) is 12.8 Å². The maximum Gasteiger partial charge on any atom is 0.259 e. The molecule has 3 nitrogen and oxygen atoms in total. The summed E-state index contributed by atoms with van der Waals surface area (Å²) in [5.74, 6) is 0.0334. The quantitative estimate of drug-likeness (QED) is 0.515. The number of nitrogens with zero attached hydrogens (tertiary/aromatic N) is 1. The highest BCUT2D eigenvalue weighted by Crippen LogP contribution is 2.31. The predicted molar refractivity (Wildman–Crippen MR) is 97.7 cm³/mol. The first-order valence-electron chi connectivity index (χ1n) is 6.71. The highest BCUT2D eigenvalue weighted by molar-refractivity contribution is 14.1. The van der Waals surface area contributed by atoms with Crippen LogP contribution in [0.5, 0.6) is 0 Å². The molecular formula is C16H14BrIN2O. The molecule has 1 heterocycles. The van der Waals surface area contributed by atoms with Gasteiger partial charge in [-0.3, -0.25) is 4.79 Å². The van der Waals surface area contributed by atoms with E-state index in [9.17, 15) is 4.79 Å². The van der Waals surface area contributed by atoms with Crippen LogP contribution < -0.4 is 10.6 Å². The van der Waals surface area contributed by atoms with Crippen LogP contribution in [0.25, 0.3) is 0 Å². The summed E-state index contributed by atoms with van der Waals surface area (Å²) in [7, 11) is 0. The van der Waals surface area contributed by atoms with E-state index >= 15 is 0 Å². The van der Waals surface area contributed by atoms with E-state index in [4.69, 9.17) is 5.73 Å². The van der Waals surface area contributed by atoms with Gasteiger partial charge < -0.3 is 10.6 Å². The first-order valence-corrected chi connectivity index (χ1v) is 8.59. The molecule has 1 aliphatic heterocycles. The topological polar surface area (TPSA) is 46.3 Å². The van der Waals surface area contributed by atoms with Crippen molar-refractivity contribution in [3.05, 3.63) is 55.6 Å². The van der Waals surface area contributed by atoms with E-state index in [1.165, 1.54) is 0 Å². The highest BCUT2D eigenvalue weighted by atomic mass is 127. The summed E-state index contributed by atoms with van der Waals surface area (Å²) in [5, 5.41) is 0. The van der Waals surface area contributed by atoms with Crippen molar-refractivity contribution in [1.82, 2.24) is 0 Å². The van der Waals surface area contributed by atoms with Gasteiger partial charge in [-0.1, -0.05) is 0 Å². The molecule has 1 aliphatic rings. The first-order chi connectivity index (χ1) is 10.1. The van der Waals surface area contributed by atoms with Crippen molar-refractivity contribution in [2.75, 3.05) is 17.2 Å². The van der Waals surface area contributed by atoms with Gasteiger partial charge >= 0.3 is 0 Å². The number of fused-ring (bicyclic) bond motifs is 1. The number of benzene rings is 2. The summed E-state index contributed by atoms with van der Waals surface area (Å²) in [6, 6.07) is 11.6. The van der Waals surface area contributed by atoms with Gasteiger partial charge in [0.2, 0.25) is 0 Å². The second-order valence-electron chi connectivity index (χ2n) is 5.07. The van der Waals surface area contributed by atoms with Crippen LogP contribution in [-0.4, -0.2) is 12.5 Å². The number of halogens is 2. The smallest absolute Gasteiger partial charge is 0.259 e. The van der Waals surface area contributed by atoms with Crippen LogP contribution in [0.15, 0.2) is 40.9 Å². The van der Waals surface area contributed by atoms with E-state index < -0.39 is 0 Å². The van der Waals surface area contributed by atoms with Crippen molar-refractivity contribution < 1.29 is 4.79 Å². The fraction of sp³-hybridized carbons (Fsp3) is 0.188. The fourth-order valence-corrected chi connectivity index (χ4v) is 3.54. The lowest BCUT2D eigenvalue weighted by Gasteiger charge is -2.30. The molecule has 0 saturated carbocycles. The second kappa shape index (κ2) is 5.96. The standard InChI is InChI=1S/C16H14BrIN2O/c17-14-5-3-11(18)9-13(14)16(21)20-7-1-2-10-8-12(19)4-6-15(10)20/h3-6,8-9H,1-2,7,19H2. The maximum atomic E-state index is 12.9. The Bertz CT molecular complexity index is 717. The Morgan fingerprint density at radius 2 is 2.05 bits per heavy atom. The van der Waals surface area contributed by atoms with Gasteiger partial charge in [-0.2, -0.15) is 0 Å². The summed E-state index contributed by atoms with van der Waals surface area (Å²) >= 11 is 5.70. The van der Waals surface area contributed by atoms with E-state index in [0.717, 1.165) is 44.4 Å². The number of carbonyl (C=O) groups is 1. The molecule has 108 valence electrons. The summed E-state index contributed by atoms with van der Waals surface area (Å²) in [6.07, 6.45) is 1.93. The minimum Gasteiger partial charge on any atom is -0.399 e. The maximum absolute atomic E-state index is 12.9. The van der Waals surface area contributed by atoms with Crippen LogP contribution in [0.4, 0.5) is 11.4 Å². The van der Waals surface area contributed by atoms with Crippen molar-refractivity contribution in [3.8, 4) is 0 Å². The Hall–Kier alpha value is -1.08. The molecule has 0 spiro atoms. The molecule has 2 N–H and O–H groups in total. The molecule has 0 saturated heterocycles. The van der Waals surface area contributed by atoms with Gasteiger partial charge in [0, 0.05) is 26.0 Å². The van der Waals surface area contributed by atoms with Gasteiger partial charge in [-0.15, -0.1) is 0 Å². The molecular weight excluding hydrogens is 443 g/mol. The molecule has 5 heteroatoms. The number of nitrogens with two attached hydrogens (primary N) is 1. The summed E-state index contributed by atoms with van der Waals surface area (Å²) in [4.78, 5) is 14.7. The average Bonchev–Trinajstić information content (AvgIpc) is 2.48. The van der Waals surface area contributed by atoms with Gasteiger partial charge in [0.05, 0.1) is 5.56 Å². The third-order valence-corrected chi connectivity index (χ3v) is 4.99. The number of rotatable bonds is 1. The minimum atomic E-state index is 0.0334. The van der Waals surface area contributed by atoms with Crippen molar-refractivity contribution in [2.24, 2.45) is 0 Å². The summed E-state index contributed by atoms with van der Waals surface area (Å²) < 4.78 is 1.88. The van der Waals surface area contributed by atoms with Crippen LogP contribution in [0.3, 0.4) is 0 Å². The lowest BCUT2D eigenvalue weighted by Crippen LogP contribution is -2.35. The van der Waals surface area contributed by atoms with Gasteiger partial charge in [-0.25, -0.2) is 0 Å². The van der Waals surface area contributed by atoms with E-state index in [0.29, 0.717) is 5.56 Å². The van der Waals surface area contributed by atoms with Gasteiger partial charge in [0.1, 0.15) is 0 Å². The number of anilines is 2. The van der Waals surface area contributed by atoms with Crippen LogP contribution in [0, 0.1) is 3.57 Å². The molecule has 1 amide bonds. The van der Waals surface area contributed by atoms with Gasteiger partial charge in [-0.05, 0) is 93.3 Å².